The minimum atomic E-state index is -4.81. The van der Waals surface area contributed by atoms with Gasteiger partial charge in [0.2, 0.25) is 5.91 Å². The highest BCUT2D eigenvalue weighted by molar-refractivity contribution is 7.92. The van der Waals surface area contributed by atoms with Gasteiger partial charge in [-0.25, -0.2) is 8.42 Å². The number of nitrogens with zero attached hydrogens (tertiary/aromatic N) is 3. The molecule has 1 heterocycles. The summed E-state index contributed by atoms with van der Waals surface area (Å²) in [6, 6.07) is 17.5. The van der Waals surface area contributed by atoms with Gasteiger partial charge < -0.3 is 14.5 Å². The van der Waals surface area contributed by atoms with Crippen LogP contribution in [0.25, 0.3) is 0 Å². The van der Waals surface area contributed by atoms with Gasteiger partial charge in [-0.3, -0.25) is 9.10 Å². The molecule has 0 aliphatic carbocycles. The van der Waals surface area contributed by atoms with Gasteiger partial charge in [0.05, 0.1) is 34.0 Å². The molecule has 1 aliphatic heterocycles. The van der Waals surface area contributed by atoms with Crippen LogP contribution in [-0.4, -0.2) is 59.1 Å². The first-order valence-electron chi connectivity index (χ1n) is 11.6. The summed E-state index contributed by atoms with van der Waals surface area (Å²) in [5.74, 6) is 0.156. The van der Waals surface area contributed by atoms with Crippen LogP contribution in [0.5, 0.6) is 5.75 Å². The average molecular weight is 568 g/mol. The minimum absolute atomic E-state index is 0.155. The number of methoxy groups -OCH3 is 1. The molecule has 202 valence electrons. The number of carbonyl (C=O) groups excluding carboxylic acids is 1. The van der Waals surface area contributed by atoms with Gasteiger partial charge in [-0.05, 0) is 42.5 Å². The Labute approximate surface area is 224 Å². The first-order chi connectivity index (χ1) is 18.0. The predicted molar refractivity (Wildman–Crippen MR) is 139 cm³/mol. The van der Waals surface area contributed by atoms with Crippen LogP contribution in [0.15, 0.2) is 77.7 Å². The van der Waals surface area contributed by atoms with E-state index in [4.69, 9.17) is 16.3 Å². The third-order valence-corrected chi connectivity index (χ3v) is 8.33. The number of anilines is 2. The highest BCUT2D eigenvalue weighted by atomic mass is 35.5. The fraction of sp³-hybridized carbons (Fsp3) is 0.269. The highest BCUT2D eigenvalue weighted by Crippen LogP contribution is 2.38. The molecule has 3 aromatic carbocycles. The minimum Gasteiger partial charge on any atom is -0.495 e. The lowest BCUT2D eigenvalue weighted by atomic mass is 10.2. The number of rotatable bonds is 7. The van der Waals surface area contributed by atoms with Gasteiger partial charge in [-0.2, -0.15) is 13.2 Å². The second-order valence-electron chi connectivity index (χ2n) is 8.53. The zero-order valence-electron chi connectivity index (χ0n) is 20.4. The lowest BCUT2D eigenvalue weighted by molar-refractivity contribution is -0.137. The maximum Gasteiger partial charge on any atom is 0.417 e. The monoisotopic (exact) mass is 567 g/mol. The van der Waals surface area contributed by atoms with Crippen LogP contribution in [0.4, 0.5) is 24.5 Å². The van der Waals surface area contributed by atoms with E-state index in [2.05, 4.69) is 4.90 Å². The summed E-state index contributed by atoms with van der Waals surface area (Å²) < 4.78 is 73.8. The van der Waals surface area contributed by atoms with E-state index in [-0.39, 0.29) is 10.6 Å². The Hall–Kier alpha value is -3.44. The van der Waals surface area contributed by atoms with Crippen LogP contribution in [-0.2, 0) is 21.0 Å². The van der Waals surface area contributed by atoms with Crippen molar-refractivity contribution >= 4 is 38.9 Å². The molecule has 0 aromatic heterocycles. The predicted octanol–water partition coefficient (Wildman–Crippen LogP) is 4.91. The number of amides is 1. The summed E-state index contributed by atoms with van der Waals surface area (Å²) >= 11 is 5.75. The highest BCUT2D eigenvalue weighted by Gasteiger charge is 2.36. The molecule has 1 amide bonds. The molecule has 1 saturated heterocycles. The molecule has 3 aromatic rings. The number of hydrogen-bond acceptors (Lipinski definition) is 5. The largest absolute Gasteiger partial charge is 0.495 e. The first-order valence-corrected chi connectivity index (χ1v) is 13.4. The van der Waals surface area contributed by atoms with E-state index in [1.165, 1.54) is 29.2 Å². The molecule has 12 heteroatoms. The summed E-state index contributed by atoms with van der Waals surface area (Å²) in [6.45, 7) is 0.854. The van der Waals surface area contributed by atoms with E-state index in [9.17, 15) is 26.4 Å². The first kappa shape index (κ1) is 27.6. The zero-order chi connectivity index (χ0) is 27.5. The number of carbonyl (C=O) groups is 1. The molecule has 0 saturated carbocycles. The van der Waals surface area contributed by atoms with Crippen LogP contribution in [0.2, 0.25) is 5.02 Å². The summed E-state index contributed by atoms with van der Waals surface area (Å²) in [5.41, 5.74) is -0.634. The lowest BCUT2D eigenvalue weighted by Crippen LogP contribution is -2.52. The smallest absolute Gasteiger partial charge is 0.417 e. The Bertz CT molecular complexity index is 1400. The van der Waals surface area contributed by atoms with Crippen molar-refractivity contribution < 1.29 is 31.1 Å². The molecule has 7 nitrogen and oxygen atoms in total. The van der Waals surface area contributed by atoms with Crippen molar-refractivity contribution in [2.75, 3.05) is 49.0 Å². The fourth-order valence-corrected chi connectivity index (χ4v) is 5.88. The number of alkyl halides is 3. The van der Waals surface area contributed by atoms with E-state index in [0.29, 0.717) is 42.3 Å². The summed E-state index contributed by atoms with van der Waals surface area (Å²) in [4.78, 5) is 16.7. The second kappa shape index (κ2) is 11.1. The van der Waals surface area contributed by atoms with E-state index in [1.807, 2.05) is 24.3 Å². The molecular weight excluding hydrogens is 543 g/mol. The number of sulfonamides is 1. The van der Waals surface area contributed by atoms with Crippen molar-refractivity contribution in [3.8, 4) is 5.75 Å². The Morgan fingerprint density at radius 1 is 0.974 bits per heavy atom. The van der Waals surface area contributed by atoms with E-state index < -0.39 is 39.2 Å². The van der Waals surface area contributed by atoms with E-state index in [0.717, 1.165) is 17.8 Å². The summed E-state index contributed by atoms with van der Waals surface area (Å²) in [6.07, 6.45) is -4.81. The molecule has 0 spiro atoms. The second-order valence-corrected chi connectivity index (χ2v) is 10.8. The van der Waals surface area contributed by atoms with Gasteiger partial charge in [0.25, 0.3) is 10.0 Å². The number of halogens is 4. The fourth-order valence-electron chi connectivity index (χ4n) is 4.23. The van der Waals surface area contributed by atoms with Crippen LogP contribution in [0.3, 0.4) is 0 Å². The molecule has 1 fully saturated rings. The van der Waals surface area contributed by atoms with Gasteiger partial charge in [0.1, 0.15) is 12.3 Å². The molecule has 0 atom stereocenters. The van der Waals surface area contributed by atoms with Gasteiger partial charge >= 0.3 is 6.18 Å². The molecule has 0 unspecified atom stereocenters. The number of benzene rings is 3. The molecular formula is C26H25ClF3N3O4S. The SMILES string of the molecule is COc1ccccc1N1CCN(C(=O)CN(c2ccc(Cl)c(C(F)(F)F)c2)S(=O)(=O)c2ccccc2)CC1. The number of piperazine rings is 1. The normalized spacial score (nSPS) is 14.3. The van der Waals surface area contributed by atoms with Crippen molar-refractivity contribution in [3.05, 3.63) is 83.4 Å². The molecule has 0 radical (unpaired) electrons. The van der Waals surface area contributed by atoms with Gasteiger partial charge in [-0.1, -0.05) is 41.9 Å². The number of para-hydroxylation sites is 2. The molecule has 38 heavy (non-hydrogen) atoms. The Kier molecular flexibility index (Phi) is 8.08. The van der Waals surface area contributed by atoms with Gasteiger partial charge in [-0.15, -0.1) is 0 Å². The van der Waals surface area contributed by atoms with Crippen molar-refractivity contribution in [3.63, 3.8) is 0 Å². The standard InChI is InChI=1S/C26H25ClF3N3O4S/c1-37-24-10-6-5-9-23(24)31-13-15-32(16-14-31)25(34)18-33(38(35,36)20-7-3-2-4-8-20)19-11-12-22(27)21(17-19)26(28,29)30/h2-12,17H,13-16,18H2,1H3. The quantitative estimate of drug-likeness (QED) is 0.406. The van der Waals surface area contributed by atoms with Crippen molar-refractivity contribution in [2.24, 2.45) is 0 Å². The van der Waals surface area contributed by atoms with E-state index >= 15 is 0 Å². The van der Waals surface area contributed by atoms with Gasteiger partial charge in [0.15, 0.2) is 0 Å². The summed E-state index contributed by atoms with van der Waals surface area (Å²) in [5, 5.41) is -0.572. The Morgan fingerprint density at radius 3 is 2.24 bits per heavy atom. The maximum atomic E-state index is 13.6. The molecule has 1 aliphatic rings. The topological polar surface area (TPSA) is 70.2 Å². The van der Waals surface area contributed by atoms with Crippen molar-refractivity contribution in [2.45, 2.75) is 11.1 Å². The average Bonchev–Trinajstić information content (AvgIpc) is 2.92. The van der Waals surface area contributed by atoms with Crippen LogP contribution < -0.4 is 13.9 Å². The number of ether oxygens (including phenoxy) is 1. The zero-order valence-corrected chi connectivity index (χ0v) is 21.9. The summed E-state index contributed by atoms with van der Waals surface area (Å²) in [7, 11) is -2.81. The third kappa shape index (κ3) is 5.83. The van der Waals surface area contributed by atoms with Gasteiger partial charge in [0, 0.05) is 26.2 Å². The molecule has 0 N–H and O–H groups in total. The van der Waals surface area contributed by atoms with Crippen LogP contribution in [0, 0.1) is 0 Å². The van der Waals surface area contributed by atoms with Crippen LogP contribution in [0.1, 0.15) is 5.56 Å². The molecule has 0 bridgehead atoms. The Balaban J connectivity index is 1.60. The van der Waals surface area contributed by atoms with Crippen molar-refractivity contribution in [1.29, 1.82) is 0 Å². The maximum absolute atomic E-state index is 13.6. The van der Waals surface area contributed by atoms with E-state index in [1.54, 1.807) is 13.2 Å². The molecule has 4 rings (SSSR count). The van der Waals surface area contributed by atoms with Crippen LogP contribution >= 0.6 is 11.6 Å². The number of hydrogen-bond donors (Lipinski definition) is 0. The third-order valence-electron chi connectivity index (χ3n) is 6.21. The van der Waals surface area contributed by atoms with Crippen molar-refractivity contribution in [1.82, 2.24) is 4.90 Å². The Morgan fingerprint density at radius 2 is 1.61 bits per heavy atom. The lowest BCUT2D eigenvalue weighted by Gasteiger charge is -2.37.